The third-order valence-corrected chi connectivity index (χ3v) is 3.23. The minimum Gasteiger partial charge on any atom is -0.494 e. The van der Waals surface area contributed by atoms with Gasteiger partial charge in [-0.15, -0.1) is 11.3 Å². The molecule has 5 heteroatoms. The van der Waals surface area contributed by atoms with E-state index in [1.54, 1.807) is 13.3 Å². The maximum absolute atomic E-state index is 5.20. The van der Waals surface area contributed by atoms with Gasteiger partial charge in [-0.25, -0.2) is 9.97 Å². The maximum Gasteiger partial charge on any atom is 0.147 e. The first-order chi connectivity index (χ1) is 6.81. The SMILES string of the molecule is COc1cccnc1-c1nc(Br)cs1. The molecule has 0 aliphatic heterocycles. The lowest BCUT2D eigenvalue weighted by Crippen LogP contribution is -1.89. The molecule has 0 aliphatic rings. The fourth-order valence-electron chi connectivity index (χ4n) is 1.08. The van der Waals surface area contributed by atoms with Crippen molar-refractivity contribution in [2.24, 2.45) is 0 Å². The van der Waals surface area contributed by atoms with Crippen LogP contribution in [0.2, 0.25) is 0 Å². The lowest BCUT2D eigenvalue weighted by Gasteiger charge is -2.02. The fourth-order valence-corrected chi connectivity index (χ4v) is 2.33. The molecular formula is C9H7BrN2OS. The van der Waals surface area contributed by atoms with E-state index in [-0.39, 0.29) is 0 Å². The number of nitrogens with zero attached hydrogens (tertiary/aromatic N) is 2. The Morgan fingerprint density at radius 2 is 2.36 bits per heavy atom. The fraction of sp³-hybridized carbons (Fsp3) is 0.111. The van der Waals surface area contributed by atoms with Gasteiger partial charge in [-0.3, -0.25) is 0 Å². The number of hydrogen-bond acceptors (Lipinski definition) is 4. The van der Waals surface area contributed by atoms with Crippen LogP contribution in [0, 0.1) is 0 Å². The van der Waals surface area contributed by atoms with Crippen LogP contribution in [-0.4, -0.2) is 17.1 Å². The molecule has 3 nitrogen and oxygen atoms in total. The van der Waals surface area contributed by atoms with Gasteiger partial charge in [0, 0.05) is 11.6 Å². The summed E-state index contributed by atoms with van der Waals surface area (Å²) in [6, 6.07) is 3.71. The summed E-state index contributed by atoms with van der Waals surface area (Å²) in [5.41, 5.74) is 0.783. The van der Waals surface area contributed by atoms with E-state index in [9.17, 15) is 0 Å². The smallest absolute Gasteiger partial charge is 0.147 e. The average Bonchev–Trinajstić information content (AvgIpc) is 2.65. The van der Waals surface area contributed by atoms with Gasteiger partial charge >= 0.3 is 0 Å². The lowest BCUT2D eigenvalue weighted by atomic mass is 10.3. The van der Waals surface area contributed by atoms with E-state index < -0.39 is 0 Å². The summed E-state index contributed by atoms with van der Waals surface area (Å²) in [6.07, 6.45) is 1.73. The second kappa shape index (κ2) is 4.06. The van der Waals surface area contributed by atoms with Gasteiger partial charge in [0.1, 0.15) is 21.1 Å². The Balaban J connectivity index is 2.50. The molecule has 2 heterocycles. The van der Waals surface area contributed by atoms with Crippen LogP contribution >= 0.6 is 27.3 Å². The molecular weight excluding hydrogens is 264 g/mol. The molecule has 0 aromatic carbocycles. The number of aromatic nitrogens is 2. The molecule has 0 saturated heterocycles. The number of ether oxygens (including phenoxy) is 1. The summed E-state index contributed by atoms with van der Waals surface area (Å²) in [5, 5.41) is 2.78. The molecule has 0 unspecified atom stereocenters. The number of hydrogen-bond donors (Lipinski definition) is 0. The van der Waals surface area contributed by atoms with E-state index in [0.717, 1.165) is 21.1 Å². The van der Waals surface area contributed by atoms with E-state index in [1.165, 1.54) is 11.3 Å². The molecule has 14 heavy (non-hydrogen) atoms. The Bertz CT molecular complexity index is 444. The molecule has 0 radical (unpaired) electrons. The van der Waals surface area contributed by atoms with Gasteiger partial charge in [-0.2, -0.15) is 0 Å². The second-order valence-corrected chi connectivity index (χ2v) is 4.20. The van der Waals surface area contributed by atoms with Crippen molar-refractivity contribution in [3.05, 3.63) is 28.3 Å². The second-order valence-electron chi connectivity index (χ2n) is 2.53. The molecule has 0 aliphatic carbocycles. The predicted molar refractivity (Wildman–Crippen MR) is 59.6 cm³/mol. The summed E-state index contributed by atoms with van der Waals surface area (Å²) < 4.78 is 6.02. The molecule has 2 rings (SSSR count). The minimum absolute atomic E-state index is 0.745. The van der Waals surface area contributed by atoms with Crippen molar-refractivity contribution in [1.29, 1.82) is 0 Å². The first-order valence-corrected chi connectivity index (χ1v) is 5.59. The Kier molecular flexibility index (Phi) is 2.79. The third kappa shape index (κ3) is 1.78. The molecule has 0 atom stereocenters. The molecule has 0 amide bonds. The molecule has 72 valence electrons. The molecule has 0 fully saturated rings. The van der Waals surface area contributed by atoms with E-state index in [0.29, 0.717) is 0 Å². The predicted octanol–water partition coefficient (Wildman–Crippen LogP) is 2.98. The largest absolute Gasteiger partial charge is 0.494 e. The van der Waals surface area contributed by atoms with E-state index in [1.807, 2.05) is 17.5 Å². The molecule has 0 bridgehead atoms. The Hall–Kier alpha value is -0.940. The van der Waals surface area contributed by atoms with Crippen molar-refractivity contribution in [1.82, 2.24) is 9.97 Å². The number of thiazole rings is 1. The number of rotatable bonds is 2. The highest BCUT2D eigenvalue weighted by atomic mass is 79.9. The number of methoxy groups -OCH3 is 1. The van der Waals surface area contributed by atoms with Crippen LogP contribution in [0.25, 0.3) is 10.7 Å². The molecule has 2 aromatic rings. The number of halogens is 1. The van der Waals surface area contributed by atoms with Gasteiger partial charge in [-0.1, -0.05) is 0 Å². The highest BCUT2D eigenvalue weighted by molar-refractivity contribution is 9.10. The van der Waals surface area contributed by atoms with Gasteiger partial charge in [0.05, 0.1) is 7.11 Å². The van der Waals surface area contributed by atoms with Crippen LogP contribution in [-0.2, 0) is 0 Å². The standard InChI is InChI=1S/C9H7BrN2OS/c1-13-6-3-2-4-11-8(6)9-12-7(10)5-14-9/h2-5H,1H3. The topological polar surface area (TPSA) is 35.0 Å². The van der Waals surface area contributed by atoms with Crippen molar-refractivity contribution in [2.75, 3.05) is 7.11 Å². The van der Waals surface area contributed by atoms with Gasteiger partial charge < -0.3 is 4.74 Å². The van der Waals surface area contributed by atoms with Crippen molar-refractivity contribution >= 4 is 27.3 Å². The van der Waals surface area contributed by atoms with Crippen LogP contribution in [0.1, 0.15) is 0 Å². The van der Waals surface area contributed by atoms with Gasteiger partial charge in [-0.05, 0) is 28.1 Å². The van der Waals surface area contributed by atoms with Gasteiger partial charge in [0.15, 0.2) is 0 Å². The summed E-state index contributed by atoms with van der Waals surface area (Å²) in [7, 11) is 1.63. The van der Waals surface area contributed by atoms with Gasteiger partial charge in [0.2, 0.25) is 0 Å². The zero-order valence-corrected chi connectivity index (χ0v) is 9.80. The molecule has 0 saturated carbocycles. The van der Waals surface area contributed by atoms with Crippen LogP contribution in [0.5, 0.6) is 5.75 Å². The molecule has 0 N–H and O–H groups in total. The summed E-state index contributed by atoms with van der Waals surface area (Å²) in [6.45, 7) is 0. The monoisotopic (exact) mass is 270 g/mol. The quantitative estimate of drug-likeness (QED) is 0.842. The zero-order valence-electron chi connectivity index (χ0n) is 7.40. The Morgan fingerprint density at radius 3 is 3.00 bits per heavy atom. The van der Waals surface area contributed by atoms with Crippen LogP contribution < -0.4 is 4.74 Å². The van der Waals surface area contributed by atoms with Crippen molar-refractivity contribution in [3.63, 3.8) is 0 Å². The summed E-state index contributed by atoms with van der Waals surface area (Å²) >= 11 is 4.84. The number of pyridine rings is 1. The molecule has 2 aromatic heterocycles. The van der Waals surface area contributed by atoms with E-state index in [2.05, 4.69) is 25.9 Å². The Labute approximate surface area is 93.9 Å². The van der Waals surface area contributed by atoms with E-state index >= 15 is 0 Å². The molecule has 0 spiro atoms. The van der Waals surface area contributed by atoms with Gasteiger partial charge in [0.25, 0.3) is 0 Å². The first kappa shape index (κ1) is 9.61. The first-order valence-electron chi connectivity index (χ1n) is 3.91. The normalized spacial score (nSPS) is 10.1. The van der Waals surface area contributed by atoms with Crippen LogP contribution in [0.15, 0.2) is 28.3 Å². The van der Waals surface area contributed by atoms with Crippen molar-refractivity contribution in [2.45, 2.75) is 0 Å². The zero-order chi connectivity index (χ0) is 9.97. The summed E-state index contributed by atoms with van der Waals surface area (Å²) in [5.74, 6) is 0.745. The van der Waals surface area contributed by atoms with Crippen molar-refractivity contribution < 1.29 is 4.74 Å². The van der Waals surface area contributed by atoms with Crippen LogP contribution in [0.3, 0.4) is 0 Å². The minimum atomic E-state index is 0.745. The maximum atomic E-state index is 5.20. The Morgan fingerprint density at radius 1 is 1.50 bits per heavy atom. The third-order valence-electron chi connectivity index (χ3n) is 1.67. The van der Waals surface area contributed by atoms with Crippen molar-refractivity contribution in [3.8, 4) is 16.5 Å². The highest BCUT2D eigenvalue weighted by Gasteiger charge is 2.09. The van der Waals surface area contributed by atoms with Crippen LogP contribution in [0.4, 0.5) is 0 Å². The highest BCUT2D eigenvalue weighted by Crippen LogP contribution is 2.30. The summed E-state index contributed by atoms with van der Waals surface area (Å²) in [4.78, 5) is 8.52. The average molecular weight is 271 g/mol. The lowest BCUT2D eigenvalue weighted by molar-refractivity contribution is 0.415. The van der Waals surface area contributed by atoms with E-state index in [4.69, 9.17) is 4.74 Å².